The minimum atomic E-state index is -0.485. The Balaban J connectivity index is 1.42. The summed E-state index contributed by atoms with van der Waals surface area (Å²) in [6, 6.07) is 26.0. The summed E-state index contributed by atoms with van der Waals surface area (Å²) < 4.78 is 5.56. The number of nitrogens with one attached hydrogen (secondary N) is 1. The van der Waals surface area contributed by atoms with E-state index in [2.05, 4.69) is 35.5 Å². The summed E-state index contributed by atoms with van der Waals surface area (Å²) in [5.74, 6) is 2.67. The topological polar surface area (TPSA) is 38.3 Å². The zero-order chi connectivity index (χ0) is 19.3. The summed E-state index contributed by atoms with van der Waals surface area (Å²) in [6.45, 7) is 0.280. The smallest absolute Gasteiger partial charge is 0.408 e. The van der Waals surface area contributed by atoms with Gasteiger partial charge in [-0.2, -0.15) is 0 Å². The monoisotopic (exact) mass is 367 g/mol. The molecule has 3 heteroatoms. The number of benzene rings is 3. The largest absolute Gasteiger partial charge is 0.449 e. The fourth-order valence-corrected chi connectivity index (χ4v) is 3.78. The fraction of sp³-hybridized carbons (Fsp3) is 0.160. The van der Waals surface area contributed by atoms with Crippen LogP contribution < -0.4 is 5.32 Å². The number of amides is 1. The lowest BCUT2D eigenvalue weighted by molar-refractivity contribution is 0.141. The Labute approximate surface area is 165 Å². The molecule has 0 bridgehead atoms. The van der Waals surface area contributed by atoms with Crippen LogP contribution in [-0.2, 0) is 11.2 Å². The molecule has 138 valence electrons. The van der Waals surface area contributed by atoms with E-state index in [1.807, 2.05) is 54.6 Å². The maximum atomic E-state index is 12.4. The van der Waals surface area contributed by atoms with Crippen molar-refractivity contribution < 1.29 is 9.53 Å². The maximum absolute atomic E-state index is 12.4. The molecule has 1 aliphatic carbocycles. The number of hydrogen-bond acceptors (Lipinski definition) is 2. The number of alkyl carbamates (subject to hydrolysis) is 1. The third kappa shape index (κ3) is 3.63. The Morgan fingerprint density at radius 1 is 0.929 bits per heavy atom. The van der Waals surface area contributed by atoms with E-state index in [0.29, 0.717) is 6.42 Å². The predicted molar refractivity (Wildman–Crippen MR) is 111 cm³/mol. The zero-order valence-corrected chi connectivity index (χ0v) is 15.5. The SMILES string of the molecule is C#C[C@H](Cc1ccccc1)NC(=O)OCC1c2ccccc2-c2ccccc21. The van der Waals surface area contributed by atoms with Crippen LogP contribution in [0, 0.1) is 12.3 Å². The van der Waals surface area contributed by atoms with Gasteiger partial charge >= 0.3 is 6.09 Å². The molecule has 3 aromatic carbocycles. The van der Waals surface area contributed by atoms with E-state index >= 15 is 0 Å². The molecule has 4 rings (SSSR count). The number of hydrogen-bond donors (Lipinski definition) is 1. The van der Waals surface area contributed by atoms with Gasteiger partial charge in [0.15, 0.2) is 0 Å². The van der Waals surface area contributed by atoms with Crippen LogP contribution in [0.3, 0.4) is 0 Å². The number of terminal acetylenes is 1. The van der Waals surface area contributed by atoms with Gasteiger partial charge in [0, 0.05) is 12.3 Å². The summed E-state index contributed by atoms with van der Waals surface area (Å²) in [7, 11) is 0. The van der Waals surface area contributed by atoms with Gasteiger partial charge in [-0.3, -0.25) is 0 Å². The fourth-order valence-electron chi connectivity index (χ4n) is 3.78. The second-order valence-corrected chi connectivity index (χ2v) is 6.88. The third-order valence-electron chi connectivity index (χ3n) is 5.12. The van der Waals surface area contributed by atoms with Crippen molar-refractivity contribution in [2.24, 2.45) is 0 Å². The van der Waals surface area contributed by atoms with Gasteiger partial charge in [-0.25, -0.2) is 4.79 Å². The van der Waals surface area contributed by atoms with E-state index in [1.165, 1.54) is 22.3 Å². The molecule has 28 heavy (non-hydrogen) atoms. The van der Waals surface area contributed by atoms with Gasteiger partial charge in [0.1, 0.15) is 6.61 Å². The average molecular weight is 367 g/mol. The second-order valence-electron chi connectivity index (χ2n) is 6.88. The van der Waals surface area contributed by atoms with Gasteiger partial charge in [-0.15, -0.1) is 6.42 Å². The molecular weight excluding hydrogens is 346 g/mol. The van der Waals surface area contributed by atoms with Crippen molar-refractivity contribution in [3.05, 3.63) is 95.6 Å². The predicted octanol–water partition coefficient (Wildman–Crippen LogP) is 4.77. The standard InChI is InChI=1S/C25H21NO2/c1-2-19(16-18-10-4-3-5-11-18)26-25(27)28-17-24-22-14-8-6-12-20(22)21-13-7-9-15-23(21)24/h1,3-15,19,24H,16-17H2,(H,26,27)/t19-/m1/s1. The van der Waals surface area contributed by atoms with Gasteiger partial charge in [-0.05, 0) is 27.8 Å². The molecule has 0 radical (unpaired) electrons. The first kappa shape index (κ1) is 17.9. The minimum absolute atomic E-state index is 0.0385. The molecule has 0 aromatic heterocycles. The Kier molecular flexibility index (Phi) is 5.12. The molecule has 1 N–H and O–H groups in total. The molecule has 1 atom stereocenters. The van der Waals surface area contributed by atoms with E-state index in [1.54, 1.807) is 0 Å². The highest BCUT2D eigenvalue weighted by atomic mass is 16.5. The summed E-state index contributed by atoms with van der Waals surface area (Å²) in [5, 5.41) is 2.79. The molecule has 0 aliphatic heterocycles. The van der Waals surface area contributed by atoms with Crippen LogP contribution in [0.1, 0.15) is 22.6 Å². The normalized spacial score (nSPS) is 13.1. The van der Waals surface area contributed by atoms with E-state index in [9.17, 15) is 4.79 Å². The van der Waals surface area contributed by atoms with Crippen molar-refractivity contribution in [3.8, 4) is 23.5 Å². The summed E-state index contributed by atoms with van der Waals surface area (Å²) in [6.07, 6.45) is 5.68. The minimum Gasteiger partial charge on any atom is -0.449 e. The first-order chi connectivity index (χ1) is 13.8. The highest BCUT2D eigenvalue weighted by molar-refractivity contribution is 5.79. The van der Waals surface area contributed by atoms with E-state index in [-0.39, 0.29) is 12.5 Å². The Hall–Kier alpha value is -3.51. The molecule has 0 unspecified atom stereocenters. The van der Waals surface area contributed by atoms with Gasteiger partial charge in [-0.1, -0.05) is 84.8 Å². The molecule has 0 saturated carbocycles. The highest BCUT2D eigenvalue weighted by Gasteiger charge is 2.29. The van der Waals surface area contributed by atoms with Crippen molar-refractivity contribution in [1.29, 1.82) is 0 Å². The van der Waals surface area contributed by atoms with Gasteiger partial charge in [0.05, 0.1) is 6.04 Å². The van der Waals surface area contributed by atoms with E-state index in [4.69, 9.17) is 11.2 Å². The molecule has 3 nitrogen and oxygen atoms in total. The number of ether oxygens (including phenoxy) is 1. The van der Waals surface area contributed by atoms with Crippen LogP contribution in [0.15, 0.2) is 78.9 Å². The lowest BCUT2D eigenvalue weighted by Gasteiger charge is -2.17. The molecule has 0 saturated heterocycles. The highest BCUT2D eigenvalue weighted by Crippen LogP contribution is 2.44. The van der Waals surface area contributed by atoms with Crippen LogP contribution in [-0.4, -0.2) is 18.7 Å². The average Bonchev–Trinajstić information content (AvgIpc) is 3.06. The first-order valence-corrected chi connectivity index (χ1v) is 9.38. The number of carbonyl (C=O) groups is 1. The molecule has 0 fully saturated rings. The Morgan fingerprint density at radius 2 is 1.50 bits per heavy atom. The molecule has 1 amide bonds. The van der Waals surface area contributed by atoms with Crippen molar-refractivity contribution in [3.63, 3.8) is 0 Å². The van der Waals surface area contributed by atoms with E-state index in [0.717, 1.165) is 5.56 Å². The van der Waals surface area contributed by atoms with Crippen molar-refractivity contribution in [2.75, 3.05) is 6.61 Å². The second kappa shape index (κ2) is 8.02. The lowest BCUT2D eigenvalue weighted by Crippen LogP contribution is -2.36. The van der Waals surface area contributed by atoms with Crippen LogP contribution in [0.4, 0.5) is 4.79 Å². The van der Waals surface area contributed by atoms with Crippen LogP contribution in [0.5, 0.6) is 0 Å². The third-order valence-corrected chi connectivity index (χ3v) is 5.12. The van der Waals surface area contributed by atoms with Crippen molar-refractivity contribution >= 4 is 6.09 Å². The number of rotatable bonds is 5. The molecule has 3 aromatic rings. The van der Waals surface area contributed by atoms with E-state index < -0.39 is 12.1 Å². The Morgan fingerprint density at radius 3 is 2.11 bits per heavy atom. The van der Waals surface area contributed by atoms with Gasteiger partial charge in [0.25, 0.3) is 0 Å². The van der Waals surface area contributed by atoms with Crippen molar-refractivity contribution in [1.82, 2.24) is 5.32 Å². The Bertz CT molecular complexity index is 974. The van der Waals surface area contributed by atoms with Crippen LogP contribution >= 0.6 is 0 Å². The zero-order valence-electron chi connectivity index (χ0n) is 15.5. The summed E-state index contributed by atoms with van der Waals surface area (Å²) in [5.41, 5.74) is 5.86. The number of fused-ring (bicyclic) bond motifs is 3. The lowest BCUT2D eigenvalue weighted by atomic mass is 9.98. The summed E-state index contributed by atoms with van der Waals surface area (Å²) >= 11 is 0. The maximum Gasteiger partial charge on any atom is 0.408 e. The van der Waals surface area contributed by atoms with Crippen LogP contribution in [0.25, 0.3) is 11.1 Å². The van der Waals surface area contributed by atoms with Crippen molar-refractivity contribution in [2.45, 2.75) is 18.4 Å². The molecule has 1 aliphatic rings. The molecule has 0 heterocycles. The first-order valence-electron chi connectivity index (χ1n) is 9.38. The molecule has 0 spiro atoms. The molecular formula is C25H21NO2. The summed E-state index contributed by atoms with van der Waals surface area (Å²) in [4.78, 5) is 12.4. The number of carbonyl (C=O) groups excluding carboxylic acids is 1. The van der Waals surface area contributed by atoms with Gasteiger partial charge in [0.2, 0.25) is 0 Å². The van der Waals surface area contributed by atoms with Gasteiger partial charge < -0.3 is 10.1 Å². The quantitative estimate of drug-likeness (QED) is 0.660. The van der Waals surface area contributed by atoms with Crippen LogP contribution in [0.2, 0.25) is 0 Å².